The second-order valence-corrected chi connectivity index (χ2v) is 9.26. The van der Waals surface area contributed by atoms with Crippen LogP contribution < -0.4 is 10.1 Å². The molecule has 2 aromatic heterocycles. The van der Waals surface area contributed by atoms with Crippen LogP contribution in [0.3, 0.4) is 0 Å². The molecule has 0 aliphatic rings. The van der Waals surface area contributed by atoms with Gasteiger partial charge in [-0.1, -0.05) is 30.3 Å². The standard InChI is InChI=1S/C22H24N8O2S/c1-29(2)13-12-27-33(31,32)19-10-8-17(9-11-19)14-25-28-21-20-15-26-30(22(20)24-16-23-21)18-6-4-3-5-7-18/h3-11,14-16,27H,12-13H2,1-2H3,(H,23,24,28)/b25-14+. The van der Waals surface area contributed by atoms with Crippen molar-refractivity contribution in [1.82, 2.24) is 29.4 Å². The lowest BCUT2D eigenvalue weighted by atomic mass is 10.2. The molecule has 0 unspecified atom stereocenters. The number of aromatic nitrogens is 4. The SMILES string of the molecule is CN(C)CCNS(=O)(=O)c1ccc(/C=N/Nc2ncnc3c2cnn3-c2ccccc2)cc1. The molecule has 2 aromatic carbocycles. The summed E-state index contributed by atoms with van der Waals surface area (Å²) < 4.78 is 29.0. The molecule has 0 atom stereocenters. The second kappa shape index (κ2) is 9.86. The molecular weight excluding hydrogens is 440 g/mol. The van der Waals surface area contributed by atoms with Gasteiger partial charge in [-0.05, 0) is 43.9 Å². The molecule has 0 aliphatic carbocycles. The van der Waals surface area contributed by atoms with E-state index < -0.39 is 10.0 Å². The van der Waals surface area contributed by atoms with Gasteiger partial charge < -0.3 is 4.90 Å². The van der Waals surface area contributed by atoms with Gasteiger partial charge in [0.1, 0.15) is 6.33 Å². The molecule has 0 radical (unpaired) electrons. The van der Waals surface area contributed by atoms with Crippen molar-refractivity contribution in [3.63, 3.8) is 0 Å². The summed E-state index contributed by atoms with van der Waals surface area (Å²) in [5, 5.41) is 9.37. The summed E-state index contributed by atoms with van der Waals surface area (Å²) in [5.41, 5.74) is 5.20. The highest BCUT2D eigenvalue weighted by atomic mass is 32.2. The molecule has 0 spiro atoms. The van der Waals surface area contributed by atoms with Crippen LogP contribution in [0.1, 0.15) is 5.56 Å². The van der Waals surface area contributed by atoms with Crippen molar-refractivity contribution in [2.75, 3.05) is 32.6 Å². The van der Waals surface area contributed by atoms with Gasteiger partial charge in [0.25, 0.3) is 0 Å². The van der Waals surface area contributed by atoms with E-state index in [-0.39, 0.29) is 4.90 Å². The van der Waals surface area contributed by atoms with Gasteiger partial charge in [-0.25, -0.2) is 27.8 Å². The minimum absolute atomic E-state index is 0.206. The Labute approximate surface area is 192 Å². The third-order valence-corrected chi connectivity index (χ3v) is 6.27. The molecule has 4 rings (SSSR count). The molecular formula is C22H24N8O2S. The number of hydrazone groups is 1. The average Bonchev–Trinajstić information content (AvgIpc) is 3.25. The molecule has 11 heteroatoms. The third-order valence-electron chi connectivity index (χ3n) is 4.79. The van der Waals surface area contributed by atoms with Crippen molar-refractivity contribution in [2.24, 2.45) is 5.10 Å². The van der Waals surface area contributed by atoms with Crippen molar-refractivity contribution in [1.29, 1.82) is 0 Å². The summed E-state index contributed by atoms with van der Waals surface area (Å²) in [6, 6.07) is 16.2. The highest BCUT2D eigenvalue weighted by molar-refractivity contribution is 7.89. The van der Waals surface area contributed by atoms with E-state index in [1.165, 1.54) is 6.33 Å². The Morgan fingerprint density at radius 1 is 1.06 bits per heavy atom. The summed E-state index contributed by atoms with van der Waals surface area (Å²) in [6.45, 7) is 0.965. The van der Waals surface area contributed by atoms with Crippen LogP contribution in [0.15, 0.2) is 77.1 Å². The van der Waals surface area contributed by atoms with E-state index in [4.69, 9.17) is 0 Å². The van der Waals surface area contributed by atoms with E-state index in [1.54, 1.807) is 41.4 Å². The Morgan fingerprint density at radius 3 is 2.55 bits per heavy atom. The summed E-state index contributed by atoms with van der Waals surface area (Å²) in [5.74, 6) is 0.516. The Bertz CT molecular complexity index is 1350. The van der Waals surface area contributed by atoms with Crippen LogP contribution in [0.4, 0.5) is 5.82 Å². The number of nitrogens with one attached hydrogen (secondary N) is 2. The number of anilines is 1. The minimum Gasteiger partial charge on any atom is -0.308 e. The first-order valence-electron chi connectivity index (χ1n) is 10.2. The summed E-state index contributed by atoms with van der Waals surface area (Å²) in [7, 11) is 0.230. The van der Waals surface area contributed by atoms with Crippen LogP contribution >= 0.6 is 0 Å². The van der Waals surface area contributed by atoms with E-state index in [1.807, 2.05) is 49.3 Å². The quantitative estimate of drug-likeness (QED) is 0.288. The topological polar surface area (TPSA) is 117 Å². The predicted molar refractivity (Wildman–Crippen MR) is 128 cm³/mol. The lowest BCUT2D eigenvalue weighted by Gasteiger charge is -2.11. The molecule has 10 nitrogen and oxygen atoms in total. The highest BCUT2D eigenvalue weighted by Gasteiger charge is 2.13. The minimum atomic E-state index is -3.54. The molecule has 170 valence electrons. The van der Waals surface area contributed by atoms with E-state index >= 15 is 0 Å². The number of para-hydroxylation sites is 1. The molecule has 4 aromatic rings. The fraction of sp³-hybridized carbons (Fsp3) is 0.182. The molecule has 0 saturated carbocycles. The number of benzene rings is 2. The zero-order chi connectivity index (χ0) is 23.3. The van der Waals surface area contributed by atoms with Gasteiger partial charge >= 0.3 is 0 Å². The average molecular weight is 465 g/mol. The monoisotopic (exact) mass is 464 g/mol. The fourth-order valence-electron chi connectivity index (χ4n) is 3.08. The smallest absolute Gasteiger partial charge is 0.240 e. The number of rotatable bonds is 9. The first-order valence-corrected chi connectivity index (χ1v) is 11.7. The van der Waals surface area contributed by atoms with E-state index in [0.29, 0.717) is 24.6 Å². The lowest BCUT2D eigenvalue weighted by Crippen LogP contribution is -2.31. The van der Waals surface area contributed by atoms with Gasteiger partial charge in [0.05, 0.1) is 28.4 Å². The Morgan fingerprint density at radius 2 is 1.82 bits per heavy atom. The maximum Gasteiger partial charge on any atom is 0.240 e. The van der Waals surface area contributed by atoms with Crippen LogP contribution in [0.25, 0.3) is 16.7 Å². The Hall–Kier alpha value is -3.67. The van der Waals surface area contributed by atoms with Crippen molar-refractivity contribution < 1.29 is 8.42 Å². The second-order valence-electron chi connectivity index (χ2n) is 7.49. The van der Waals surface area contributed by atoms with Crippen molar-refractivity contribution in [2.45, 2.75) is 4.90 Å². The molecule has 0 saturated heterocycles. The van der Waals surface area contributed by atoms with E-state index in [9.17, 15) is 8.42 Å². The predicted octanol–water partition coefficient (Wildman–Crippen LogP) is 2.10. The van der Waals surface area contributed by atoms with Gasteiger partial charge in [0.2, 0.25) is 10.0 Å². The van der Waals surface area contributed by atoms with Gasteiger partial charge in [-0.15, -0.1) is 0 Å². The van der Waals surface area contributed by atoms with Crippen LogP contribution in [0, 0.1) is 0 Å². The maximum absolute atomic E-state index is 12.4. The zero-order valence-corrected chi connectivity index (χ0v) is 19.1. The molecule has 2 N–H and O–H groups in total. The van der Waals surface area contributed by atoms with Gasteiger partial charge in [-0.2, -0.15) is 10.2 Å². The van der Waals surface area contributed by atoms with Crippen LogP contribution in [0.2, 0.25) is 0 Å². The van der Waals surface area contributed by atoms with Crippen molar-refractivity contribution in [3.05, 3.63) is 72.7 Å². The summed E-state index contributed by atoms with van der Waals surface area (Å²) in [6.07, 6.45) is 4.72. The van der Waals surface area contributed by atoms with E-state index in [2.05, 4.69) is 30.3 Å². The fourth-order valence-corrected chi connectivity index (χ4v) is 4.10. The normalized spacial score (nSPS) is 12.1. The number of hydrogen-bond acceptors (Lipinski definition) is 8. The highest BCUT2D eigenvalue weighted by Crippen LogP contribution is 2.21. The number of likely N-dealkylation sites (N-methyl/N-ethyl adjacent to an activating group) is 1. The number of fused-ring (bicyclic) bond motifs is 1. The molecule has 33 heavy (non-hydrogen) atoms. The number of hydrogen-bond donors (Lipinski definition) is 2. The van der Waals surface area contributed by atoms with Crippen LogP contribution in [-0.2, 0) is 10.0 Å². The largest absolute Gasteiger partial charge is 0.308 e. The van der Waals surface area contributed by atoms with Crippen molar-refractivity contribution in [3.8, 4) is 5.69 Å². The van der Waals surface area contributed by atoms with Crippen LogP contribution in [-0.4, -0.2) is 66.5 Å². The van der Waals surface area contributed by atoms with Gasteiger partial charge in [0.15, 0.2) is 11.5 Å². The van der Waals surface area contributed by atoms with Gasteiger partial charge in [0, 0.05) is 13.1 Å². The van der Waals surface area contributed by atoms with Crippen LogP contribution in [0.5, 0.6) is 0 Å². The van der Waals surface area contributed by atoms with Crippen molar-refractivity contribution >= 4 is 33.1 Å². The first-order chi connectivity index (χ1) is 15.9. The molecule has 0 bridgehead atoms. The maximum atomic E-state index is 12.4. The summed E-state index contributed by atoms with van der Waals surface area (Å²) >= 11 is 0. The Balaban J connectivity index is 1.45. The Kier molecular flexibility index (Phi) is 6.73. The number of nitrogens with zero attached hydrogens (tertiary/aromatic N) is 6. The lowest BCUT2D eigenvalue weighted by molar-refractivity contribution is 0.412. The zero-order valence-electron chi connectivity index (χ0n) is 18.3. The summed E-state index contributed by atoms with van der Waals surface area (Å²) in [4.78, 5) is 10.7. The molecule has 0 amide bonds. The third kappa shape index (κ3) is 5.40. The molecule has 0 fully saturated rings. The first kappa shape index (κ1) is 22.5. The molecule has 0 aliphatic heterocycles. The number of sulfonamides is 1. The van der Waals surface area contributed by atoms with Gasteiger partial charge in [-0.3, -0.25) is 5.43 Å². The molecule has 2 heterocycles. The van der Waals surface area contributed by atoms with E-state index in [0.717, 1.165) is 16.6 Å².